The van der Waals surface area contributed by atoms with Crippen LogP contribution in [0.4, 0.5) is 0 Å². The molecule has 1 fully saturated rings. The van der Waals surface area contributed by atoms with Gasteiger partial charge < -0.3 is 19.9 Å². The molecule has 7 nitrogen and oxygen atoms in total. The molecule has 0 spiro atoms. The van der Waals surface area contributed by atoms with Gasteiger partial charge in [0.1, 0.15) is 6.10 Å². The molecule has 150 valence electrons. The predicted octanol–water partition coefficient (Wildman–Crippen LogP) is 3.67. The van der Waals surface area contributed by atoms with Gasteiger partial charge in [0.05, 0.1) is 6.54 Å². The second kappa shape index (κ2) is 12.5. The highest BCUT2D eigenvalue weighted by Crippen LogP contribution is 2.30. The quantitative estimate of drug-likeness (QED) is 0.336. The zero-order valence-corrected chi connectivity index (χ0v) is 18.8. The lowest BCUT2D eigenvalue weighted by Crippen LogP contribution is -2.38. The molecule has 3 unspecified atom stereocenters. The summed E-state index contributed by atoms with van der Waals surface area (Å²) in [5, 5.41) is 10.6. The normalized spacial score (nSPS) is 21.8. The van der Waals surface area contributed by atoms with Gasteiger partial charge in [-0.3, -0.25) is 4.99 Å². The molecular weight excluding hydrogens is 445 g/mol. The molecule has 0 bridgehead atoms. The molecule has 1 saturated carbocycles. The lowest BCUT2D eigenvalue weighted by atomic mass is 9.81. The van der Waals surface area contributed by atoms with Crippen molar-refractivity contribution in [3.05, 3.63) is 11.7 Å². The van der Waals surface area contributed by atoms with Crippen LogP contribution in [0.2, 0.25) is 0 Å². The van der Waals surface area contributed by atoms with Crippen LogP contribution < -0.4 is 10.6 Å². The van der Waals surface area contributed by atoms with Gasteiger partial charge >= 0.3 is 0 Å². The fourth-order valence-corrected chi connectivity index (χ4v) is 3.43. The second-order valence-corrected chi connectivity index (χ2v) is 6.92. The molecule has 26 heavy (non-hydrogen) atoms. The number of rotatable bonds is 8. The second-order valence-electron chi connectivity index (χ2n) is 6.92. The third-order valence-electron chi connectivity index (χ3n) is 4.78. The van der Waals surface area contributed by atoms with E-state index in [9.17, 15) is 0 Å². The Morgan fingerprint density at radius 3 is 2.88 bits per heavy atom. The smallest absolute Gasteiger partial charge is 0.246 e. The molecule has 8 heteroatoms. The lowest BCUT2D eigenvalue weighted by Gasteiger charge is -2.26. The summed E-state index contributed by atoms with van der Waals surface area (Å²) in [5.74, 6) is 3.59. The lowest BCUT2D eigenvalue weighted by molar-refractivity contribution is 0.0683. The zero-order chi connectivity index (χ0) is 18.1. The summed E-state index contributed by atoms with van der Waals surface area (Å²) in [5.41, 5.74) is 0. The summed E-state index contributed by atoms with van der Waals surface area (Å²) in [6.45, 7) is 8.24. The standard InChI is InChI=1S/C18H33N5O2.HI/c1-5-24-14(3)17-22-16(25-23-17)12-21-18(19-4)20-10-9-15-8-6-7-13(2)11-15;/h13-15H,5-12H2,1-4H3,(H2,19,20,21);1H. The molecule has 0 amide bonds. The molecule has 1 aromatic heterocycles. The van der Waals surface area contributed by atoms with Gasteiger partial charge in [0, 0.05) is 20.2 Å². The summed E-state index contributed by atoms with van der Waals surface area (Å²) >= 11 is 0. The Labute approximate surface area is 174 Å². The van der Waals surface area contributed by atoms with E-state index in [2.05, 4.69) is 32.7 Å². The van der Waals surface area contributed by atoms with Crippen molar-refractivity contribution in [3.8, 4) is 0 Å². The van der Waals surface area contributed by atoms with Gasteiger partial charge in [0.15, 0.2) is 11.8 Å². The maximum Gasteiger partial charge on any atom is 0.246 e. The Balaban J connectivity index is 0.00000338. The molecule has 0 aliphatic heterocycles. The number of hydrogen-bond donors (Lipinski definition) is 2. The van der Waals surface area contributed by atoms with E-state index in [4.69, 9.17) is 9.26 Å². The number of guanidine groups is 1. The average Bonchev–Trinajstić information content (AvgIpc) is 3.07. The number of hydrogen-bond acceptors (Lipinski definition) is 5. The van der Waals surface area contributed by atoms with Crippen LogP contribution in [0.15, 0.2) is 9.52 Å². The third-order valence-corrected chi connectivity index (χ3v) is 4.78. The molecule has 1 aliphatic rings. The predicted molar refractivity (Wildman–Crippen MR) is 114 cm³/mol. The van der Waals surface area contributed by atoms with E-state index in [1.807, 2.05) is 13.8 Å². The fraction of sp³-hybridized carbons (Fsp3) is 0.833. The number of aliphatic imine (C=N–C) groups is 1. The monoisotopic (exact) mass is 479 g/mol. The number of nitrogens with one attached hydrogen (secondary N) is 2. The Hall–Kier alpha value is -0.900. The van der Waals surface area contributed by atoms with Crippen molar-refractivity contribution in [3.63, 3.8) is 0 Å². The molecule has 1 aromatic rings. The highest BCUT2D eigenvalue weighted by atomic mass is 127. The van der Waals surface area contributed by atoms with Gasteiger partial charge in [-0.15, -0.1) is 24.0 Å². The summed E-state index contributed by atoms with van der Waals surface area (Å²) in [4.78, 5) is 8.60. The fourth-order valence-electron chi connectivity index (χ4n) is 3.43. The van der Waals surface area contributed by atoms with Gasteiger partial charge in [-0.05, 0) is 38.5 Å². The summed E-state index contributed by atoms with van der Waals surface area (Å²) in [6, 6.07) is 0. The SMILES string of the molecule is CCOC(C)c1noc(CNC(=NC)NCCC2CCCC(C)C2)n1.I. The summed E-state index contributed by atoms with van der Waals surface area (Å²) in [6.07, 6.45) is 6.52. The van der Waals surface area contributed by atoms with Gasteiger partial charge in [0.25, 0.3) is 0 Å². The molecule has 0 radical (unpaired) electrons. The minimum Gasteiger partial charge on any atom is -0.371 e. The number of aromatic nitrogens is 2. The molecule has 1 heterocycles. The van der Waals surface area contributed by atoms with Crippen molar-refractivity contribution in [1.82, 2.24) is 20.8 Å². The molecular formula is C18H34IN5O2. The Bertz CT molecular complexity index is 537. The van der Waals surface area contributed by atoms with E-state index in [1.54, 1.807) is 7.05 Å². The highest BCUT2D eigenvalue weighted by molar-refractivity contribution is 14.0. The Morgan fingerprint density at radius 2 is 2.19 bits per heavy atom. The van der Waals surface area contributed by atoms with Crippen LogP contribution >= 0.6 is 24.0 Å². The van der Waals surface area contributed by atoms with E-state index in [0.717, 1.165) is 24.3 Å². The Kier molecular flexibility index (Phi) is 11.1. The van der Waals surface area contributed by atoms with Gasteiger partial charge in [-0.25, -0.2) is 0 Å². The maximum atomic E-state index is 5.46. The van der Waals surface area contributed by atoms with Crippen LogP contribution in [0.5, 0.6) is 0 Å². The van der Waals surface area contributed by atoms with E-state index in [0.29, 0.717) is 24.9 Å². The first-order chi connectivity index (χ1) is 12.1. The zero-order valence-electron chi connectivity index (χ0n) is 16.5. The van der Waals surface area contributed by atoms with Crippen LogP contribution in [-0.4, -0.2) is 36.3 Å². The molecule has 0 saturated heterocycles. The minimum absolute atomic E-state index is 0. The van der Waals surface area contributed by atoms with Crippen LogP contribution in [0, 0.1) is 11.8 Å². The number of nitrogens with zero attached hydrogens (tertiary/aromatic N) is 3. The van der Waals surface area contributed by atoms with Crippen LogP contribution in [-0.2, 0) is 11.3 Å². The first-order valence-corrected chi connectivity index (χ1v) is 9.51. The minimum atomic E-state index is -0.155. The number of ether oxygens (including phenoxy) is 1. The van der Waals surface area contributed by atoms with Crippen LogP contribution in [0.25, 0.3) is 0 Å². The topological polar surface area (TPSA) is 84.6 Å². The summed E-state index contributed by atoms with van der Waals surface area (Å²) < 4.78 is 10.7. The van der Waals surface area contributed by atoms with Gasteiger partial charge in [-0.2, -0.15) is 4.98 Å². The number of halogens is 1. The van der Waals surface area contributed by atoms with Crippen LogP contribution in [0.1, 0.15) is 70.7 Å². The van der Waals surface area contributed by atoms with Crippen molar-refractivity contribution in [2.24, 2.45) is 16.8 Å². The van der Waals surface area contributed by atoms with Crippen molar-refractivity contribution in [2.45, 2.75) is 65.5 Å². The largest absolute Gasteiger partial charge is 0.371 e. The highest BCUT2D eigenvalue weighted by Gasteiger charge is 2.18. The maximum absolute atomic E-state index is 5.46. The van der Waals surface area contributed by atoms with E-state index in [1.165, 1.54) is 32.1 Å². The molecule has 2 rings (SSSR count). The molecule has 0 aromatic carbocycles. The molecule has 3 atom stereocenters. The average molecular weight is 479 g/mol. The van der Waals surface area contributed by atoms with Crippen molar-refractivity contribution < 1.29 is 9.26 Å². The Morgan fingerprint density at radius 1 is 1.38 bits per heavy atom. The van der Waals surface area contributed by atoms with E-state index in [-0.39, 0.29) is 30.1 Å². The van der Waals surface area contributed by atoms with E-state index < -0.39 is 0 Å². The third kappa shape index (κ3) is 7.77. The molecule has 1 aliphatic carbocycles. The molecule has 2 N–H and O–H groups in total. The van der Waals surface area contributed by atoms with Crippen molar-refractivity contribution in [1.29, 1.82) is 0 Å². The first-order valence-electron chi connectivity index (χ1n) is 9.51. The first kappa shape index (κ1) is 23.1. The van der Waals surface area contributed by atoms with Gasteiger partial charge in [0.2, 0.25) is 5.89 Å². The van der Waals surface area contributed by atoms with Crippen LogP contribution in [0.3, 0.4) is 0 Å². The van der Waals surface area contributed by atoms with Crippen molar-refractivity contribution in [2.75, 3.05) is 20.2 Å². The van der Waals surface area contributed by atoms with Crippen molar-refractivity contribution >= 4 is 29.9 Å². The summed E-state index contributed by atoms with van der Waals surface area (Å²) in [7, 11) is 1.77. The van der Waals surface area contributed by atoms with Gasteiger partial charge in [-0.1, -0.05) is 31.3 Å². The van der Waals surface area contributed by atoms with E-state index >= 15 is 0 Å².